The molecule has 0 saturated heterocycles. The molecule has 1 aromatic rings. The van der Waals surface area contributed by atoms with Gasteiger partial charge in [-0.05, 0) is 24.1 Å². The number of hydrogen-bond donors (Lipinski definition) is 4. The Morgan fingerprint density at radius 3 is 2.03 bits per heavy atom. The maximum atomic E-state index is 12.1. The largest absolute Gasteiger partial charge is 0.508 e. The lowest BCUT2D eigenvalue weighted by atomic mass is 10.0. The Balaban J connectivity index is 2.21. The fourth-order valence-electron chi connectivity index (χ4n) is 3.33. The normalized spacial score (nSPS) is 13.0. The number of aliphatic hydroxyl groups excluding tert-OH is 1. The number of amides is 1. The van der Waals surface area contributed by atoms with Crippen LogP contribution in [-0.4, -0.2) is 39.3 Å². The van der Waals surface area contributed by atoms with Crippen LogP contribution >= 0.6 is 0 Å². The third-order valence-corrected chi connectivity index (χ3v) is 5.07. The number of phenols is 1. The molecule has 0 aliphatic carbocycles. The molecule has 0 aromatic heterocycles. The lowest BCUT2D eigenvalue weighted by molar-refractivity contribution is -0.142. The highest BCUT2D eigenvalue weighted by Gasteiger charge is 2.21. The molecule has 0 heterocycles. The molecule has 0 aliphatic heterocycles. The molecule has 0 bridgehead atoms. The van der Waals surface area contributed by atoms with E-state index in [0.717, 1.165) is 19.3 Å². The van der Waals surface area contributed by atoms with E-state index in [4.69, 9.17) is 0 Å². The van der Waals surface area contributed by atoms with Gasteiger partial charge in [-0.2, -0.15) is 0 Å². The number of benzene rings is 1. The van der Waals surface area contributed by atoms with Gasteiger partial charge in [0.25, 0.3) is 0 Å². The van der Waals surface area contributed by atoms with Crippen molar-refractivity contribution in [2.45, 2.75) is 96.1 Å². The lowest BCUT2D eigenvalue weighted by Gasteiger charge is -2.16. The van der Waals surface area contributed by atoms with Gasteiger partial charge in [-0.3, -0.25) is 4.79 Å². The van der Waals surface area contributed by atoms with Gasteiger partial charge in [0.2, 0.25) is 5.91 Å². The first-order valence-electron chi connectivity index (χ1n) is 10.9. The molecule has 1 amide bonds. The Hall–Kier alpha value is -2.08. The van der Waals surface area contributed by atoms with Gasteiger partial charge < -0.3 is 20.6 Å². The van der Waals surface area contributed by atoms with E-state index in [9.17, 15) is 24.9 Å². The quantitative estimate of drug-likeness (QED) is 0.308. The summed E-state index contributed by atoms with van der Waals surface area (Å²) in [5.41, 5.74) is 0.700. The summed E-state index contributed by atoms with van der Waals surface area (Å²) < 4.78 is 0. The zero-order valence-electron chi connectivity index (χ0n) is 17.6. The standard InChI is InChI=1S/C23H37NO5/c1-2-3-4-5-6-7-8-9-10-11-20(26)17-22(27)24-21(23(28)29)16-18-12-14-19(25)15-13-18/h12-15,20-21,25-26H,2-11,16-17H2,1H3,(H,24,27)(H,28,29)/t20?,21-/m0/s1. The number of carbonyl (C=O) groups is 2. The number of carboxylic acid groups (broad SMARTS) is 1. The van der Waals surface area contributed by atoms with Gasteiger partial charge >= 0.3 is 5.97 Å². The molecule has 6 nitrogen and oxygen atoms in total. The second-order valence-electron chi connectivity index (χ2n) is 7.80. The van der Waals surface area contributed by atoms with E-state index < -0.39 is 24.0 Å². The molecule has 2 atom stereocenters. The van der Waals surface area contributed by atoms with Crippen molar-refractivity contribution in [3.8, 4) is 5.75 Å². The molecular formula is C23H37NO5. The maximum absolute atomic E-state index is 12.1. The molecule has 164 valence electrons. The van der Waals surface area contributed by atoms with Crippen LogP contribution in [0, 0.1) is 0 Å². The van der Waals surface area contributed by atoms with Crippen molar-refractivity contribution < 1.29 is 24.9 Å². The number of phenolic OH excluding ortho intramolecular Hbond substituents is 1. The van der Waals surface area contributed by atoms with Crippen molar-refractivity contribution in [3.05, 3.63) is 29.8 Å². The first-order chi connectivity index (χ1) is 13.9. The van der Waals surface area contributed by atoms with Crippen LogP contribution in [0.15, 0.2) is 24.3 Å². The molecule has 0 radical (unpaired) electrons. The summed E-state index contributed by atoms with van der Waals surface area (Å²) in [6.07, 6.45) is 10.6. The summed E-state index contributed by atoms with van der Waals surface area (Å²) in [6.45, 7) is 2.21. The Morgan fingerprint density at radius 2 is 1.48 bits per heavy atom. The summed E-state index contributed by atoms with van der Waals surface area (Å²) in [4.78, 5) is 23.5. The highest BCUT2D eigenvalue weighted by molar-refractivity contribution is 5.84. The van der Waals surface area contributed by atoms with Gasteiger partial charge in [0.05, 0.1) is 12.5 Å². The number of unbranched alkanes of at least 4 members (excludes halogenated alkanes) is 8. The summed E-state index contributed by atoms with van der Waals surface area (Å²) in [5, 5.41) is 31.2. The zero-order chi connectivity index (χ0) is 21.5. The average Bonchev–Trinajstić information content (AvgIpc) is 2.67. The Morgan fingerprint density at radius 1 is 0.931 bits per heavy atom. The van der Waals surface area contributed by atoms with Crippen LogP contribution in [0.25, 0.3) is 0 Å². The number of hydrogen-bond acceptors (Lipinski definition) is 4. The minimum absolute atomic E-state index is 0.0869. The Bertz CT molecular complexity index is 587. The molecule has 0 saturated carbocycles. The van der Waals surface area contributed by atoms with Crippen LogP contribution in [-0.2, 0) is 16.0 Å². The topological polar surface area (TPSA) is 107 Å². The average molecular weight is 408 g/mol. The number of aromatic hydroxyl groups is 1. The number of nitrogens with one attached hydrogen (secondary N) is 1. The number of carboxylic acids is 1. The van der Waals surface area contributed by atoms with Crippen molar-refractivity contribution in [2.24, 2.45) is 0 Å². The minimum Gasteiger partial charge on any atom is -0.508 e. The third kappa shape index (κ3) is 12.2. The molecule has 29 heavy (non-hydrogen) atoms. The molecule has 6 heteroatoms. The fourth-order valence-corrected chi connectivity index (χ4v) is 3.33. The van der Waals surface area contributed by atoms with E-state index >= 15 is 0 Å². The summed E-state index contributed by atoms with van der Waals surface area (Å²) in [7, 11) is 0. The molecule has 0 aliphatic rings. The predicted molar refractivity (Wildman–Crippen MR) is 114 cm³/mol. The lowest BCUT2D eigenvalue weighted by Crippen LogP contribution is -2.43. The van der Waals surface area contributed by atoms with E-state index in [2.05, 4.69) is 12.2 Å². The molecule has 1 rings (SSSR count). The monoisotopic (exact) mass is 407 g/mol. The first kappa shape index (κ1) is 25.0. The summed E-state index contributed by atoms with van der Waals surface area (Å²) >= 11 is 0. The first-order valence-corrected chi connectivity index (χ1v) is 10.9. The number of rotatable bonds is 16. The molecule has 0 spiro atoms. The SMILES string of the molecule is CCCCCCCCCCCC(O)CC(=O)N[C@@H](Cc1ccc(O)cc1)C(=O)O. The van der Waals surface area contributed by atoms with Crippen molar-refractivity contribution in [2.75, 3.05) is 0 Å². The Kier molecular flexibility index (Phi) is 12.8. The minimum atomic E-state index is -1.13. The van der Waals surface area contributed by atoms with Gasteiger partial charge in [-0.1, -0.05) is 76.8 Å². The van der Waals surface area contributed by atoms with Crippen LogP contribution in [0.2, 0.25) is 0 Å². The Labute approximate surface area is 174 Å². The number of aliphatic hydroxyl groups is 1. The second kappa shape index (κ2) is 14.9. The van der Waals surface area contributed by atoms with Crippen molar-refractivity contribution in [3.63, 3.8) is 0 Å². The smallest absolute Gasteiger partial charge is 0.326 e. The van der Waals surface area contributed by atoms with Crippen LogP contribution in [0.5, 0.6) is 5.75 Å². The van der Waals surface area contributed by atoms with E-state index in [1.807, 2.05) is 0 Å². The zero-order valence-corrected chi connectivity index (χ0v) is 17.6. The van der Waals surface area contributed by atoms with Crippen LogP contribution in [0.3, 0.4) is 0 Å². The molecular weight excluding hydrogens is 370 g/mol. The maximum Gasteiger partial charge on any atom is 0.326 e. The highest BCUT2D eigenvalue weighted by Crippen LogP contribution is 2.13. The fraction of sp³-hybridized carbons (Fsp3) is 0.652. The molecule has 1 unspecified atom stereocenters. The summed E-state index contributed by atoms with van der Waals surface area (Å²) in [5.74, 6) is -1.48. The van der Waals surface area contributed by atoms with E-state index in [1.54, 1.807) is 12.1 Å². The van der Waals surface area contributed by atoms with E-state index in [0.29, 0.717) is 12.0 Å². The van der Waals surface area contributed by atoms with Crippen molar-refractivity contribution in [1.82, 2.24) is 5.32 Å². The second-order valence-corrected chi connectivity index (χ2v) is 7.80. The van der Waals surface area contributed by atoms with E-state index in [1.165, 1.54) is 50.7 Å². The molecule has 1 aromatic carbocycles. The van der Waals surface area contributed by atoms with Crippen molar-refractivity contribution in [1.29, 1.82) is 0 Å². The van der Waals surface area contributed by atoms with Gasteiger partial charge in [0.15, 0.2) is 0 Å². The van der Waals surface area contributed by atoms with Gasteiger partial charge in [0.1, 0.15) is 11.8 Å². The number of aliphatic carboxylic acids is 1. The van der Waals surface area contributed by atoms with Crippen molar-refractivity contribution >= 4 is 11.9 Å². The third-order valence-electron chi connectivity index (χ3n) is 5.07. The summed E-state index contributed by atoms with van der Waals surface area (Å²) in [6, 6.07) is 5.13. The van der Waals surface area contributed by atoms with Gasteiger partial charge in [-0.25, -0.2) is 4.79 Å². The van der Waals surface area contributed by atoms with E-state index in [-0.39, 0.29) is 18.6 Å². The predicted octanol–water partition coefficient (Wildman–Crippen LogP) is 4.18. The molecule has 0 fully saturated rings. The van der Waals surface area contributed by atoms with Gasteiger partial charge in [-0.15, -0.1) is 0 Å². The highest BCUT2D eigenvalue weighted by atomic mass is 16.4. The van der Waals surface area contributed by atoms with Crippen LogP contribution in [0.1, 0.15) is 83.1 Å². The van der Waals surface area contributed by atoms with Crippen LogP contribution < -0.4 is 5.32 Å². The molecule has 4 N–H and O–H groups in total. The van der Waals surface area contributed by atoms with Crippen LogP contribution in [0.4, 0.5) is 0 Å². The number of carbonyl (C=O) groups excluding carboxylic acids is 1. The van der Waals surface area contributed by atoms with Gasteiger partial charge in [0, 0.05) is 6.42 Å².